The largest absolute Gasteiger partial charge is 0.283 e. The van der Waals surface area contributed by atoms with Crippen LogP contribution in [0.25, 0.3) is 0 Å². The fourth-order valence-electron chi connectivity index (χ4n) is 1.17. The second kappa shape index (κ2) is 3.67. The average molecular weight is 205 g/mol. The van der Waals surface area contributed by atoms with Gasteiger partial charge in [-0.25, -0.2) is 4.39 Å². The third-order valence-corrected chi connectivity index (χ3v) is 2.11. The van der Waals surface area contributed by atoms with Gasteiger partial charge in [0.2, 0.25) is 0 Å². The highest BCUT2D eigenvalue weighted by atomic mass is 19.1. The molecule has 0 radical (unpaired) electrons. The van der Waals surface area contributed by atoms with Gasteiger partial charge in [0.1, 0.15) is 11.9 Å². The Balaban J connectivity index is 1.97. The Bertz CT molecular complexity index is 423. The fraction of sp³-hybridized carbons (Fsp3) is 0.200. The number of nitrogens with one attached hydrogen (secondary N) is 1. The van der Waals surface area contributed by atoms with E-state index in [4.69, 9.17) is 5.26 Å². The maximum absolute atomic E-state index is 12.6. The topological polar surface area (TPSA) is 55.9 Å². The van der Waals surface area contributed by atoms with E-state index >= 15 is 0 Å². The molecule has 2 unspecified atom stereocenters. The van der Waals surface area contributed by atoms with Gasteiger partial charge in [-0.1, -0.05) is 0 Å². The van der Waals surface area contributed by atoms with Gasteiger partial charge in [0.05, 0.1) is 12.6 Å². The number of hydrogen-bond acceptors (Lipinski definition) is 3. The zero-order chi connectivity index (χ0) is 10.8. The molecule has 1 saturated heterocycles. The Kier molecular flexibility index (Phi) is 2.35. The van der Waals surface area contributed by atoms with Gasteiger partial charge < -0.3 is 0 Å². The molecule has 4 nitrogen and oxygen atoms in total. The summed E-state index contributed by atoms with van der Waals surface area (Å²) in [6, 6.07) is 7.02. The molecular weight excluding hydrogens is 197 g/mol. The van der Waals surface area contributed by atoms with E-state index < -0.39 is 0 Å². The summed E-state index contributed by atoms with van der Waals surface area (Å²) >= 11 is 0. The smallest absolute Gasteiger partial charge is 0.265 e. The van der Waals surface area contributed by atoms with Crippen LogP contribution < -0.4 is 5.43 Å². The summed E-state index contributed by atoms with van der Waals surface area (Å²) < 4.78 is 12.6. The van der Waals surface area contributed by atoms with Crippen molar-refractivity contribution in [1.29, 1.82) is 5.26 Å². The molecule has 2 rings (SSSR count). The third-order valence-electron chi connectivity index (χ3n) is 2.11. The average Bonchev–Trinajstić information content (AvgIpc) is 2.97. The van der Waals surface area contributed by atoms with Crippen molar-refractivity contribution in [1.82, 2.24) is 10.4 Å². The van der Waals surface area contributed by atoms with Gasteiger partial charge in [0.15, 0.2) is 0 Å². The SMILES string of the molecule is N#CC1CN1NC(=O)c1ccc(F)cc1. The maximum Gasteiger partial charge on any atom is 0.265 e. The number of nitriles is 1. The molecule has 1 aromatic carbocycles. The predicted molar refractivity (Wildman–Crippen MR) is 50.0 cm³/mol. The van der Waals surface area contributed by atoms with Crippen LogP contribution in [-0.2, 0) is 0 Å². The van der Waals surface area contributed by atoms with Gasteiger partial charge in [0, 0.05) is 5.56 Å². The van der Waals surface area contributed by atoms with Gasteiger partial charge in [-0.3, -0.25) is 10.2 Å². The second-order valence-electron chi connectivity index (χ2n) is 3.25. The minimum atomic E-state index is -0.381. The van der Waals surface area contributed by atoms with E-state index in [1.54, 1.807) is 0 Å². The second-order valence-corrected chi connectivity index (χ2v) is 3.25. The minimum absolute atomic E-state index is 0.227. The Hall–Kier alpha value is -1.93. The van der Waals surface area contributed by atoms with Crippen LogP contribution in [0.15, 0.2) is 24.3 Å². The quantitative estimate of drug-likeness (QED) is 0.722. The van der Waals surface area contributed by atoms with Gasteiger partial charge in [-0.2, -0.15) is 10.3 Å². The van der Waals surface area contributed by atoms with Crippen LogP contribution in [0.3, 0.4) is 0 Å². The first-order valence-corrected chi connectivity index (χ1v) is 4.43. The van der Waals surface area contributed by atoms with Crippen LogP contribution in [0.1, 0.15) is 10.4 Å². The molecule has 1 N–H and O–H groups in total. The van der Waals surface area contributed by atoms with Crippen molar-refractivity contribution < 1.29 is 9.18 Å². The van der Waals surface area contributed by atoms with Crippen LogP contribution >= 0.6 is 0 Å². The van der Waals surface area contributed by atoms with E-state index in [9.17, 15) is 9.18 Å². The van der Waals surface area contributed by atoms with Gasteiger partial charge in [0.25, 0.3) is 5.91 Å². The summed E-state index contributed by atoms with van der Waals surface area (Å²) in [7, 11) is 0. The summed E-state index contributed by atoms with van der Waals surface area (Å²) in [6.07, 6.45) is 0. The predicted octanol–water partition coefficient (Wildman–Crippen LogP) is 0.678. The van der Waals surface area contributed by atoms with Gasteiger partial charge in [-0.15, -0.1) is 0 Å². The Morgan fingerprint density at radius 2 is 2.20 bits per heavy atom. The number of rotatable bonds is 2. The molecular formula is C10H8FN3O. The number of halogens is 1. The lowest BCUT2D eigenvalue weighted by Gasteiger charge is -2.04. The lowest BCUT2D eigenvalue weighted by Crippen LogP contribution is -2.30. The van der Waals surface area contributed by atoms with Crippen LogP contribution in [0.5, 0.6) is 0 Å². The van der Waals surface area contributed by atoms with E-state index in [1.807, 2.05) is 6.07 Å². The Morgan fingerprint density at radius 3 is 2.73 bits per heavy atom. The molecule has 0 aromatic heterocycles. The number of carbonyl (C=O) groups is 1. The fourth-order valence-corrected chi connectivity index (χ4v) is 1.17. The molecule has 0 spiro atoms. The Morgan fingerprint density at radius 1 is 1.53 bits per heavy atom. The van der Waals surface area contributed by atoms with Crippen LogP contribution in [0, 0.1) is 17.1 Å². The molecule has 2 atom stereocenters. The molecule has 1 aliphatic rings. The molecule has 1 aromatic rings. The first-order valence-electron chi connectivity index (χ1n) is 4.43. The van der Waals surface area contributed by atoms with Gasteiger partial charge in [-0.05, 0) is 24.3 Å². The first kappa shape index (κ1) is 9.62. The number of hydrazine groups is 1. The lowest BCUT2D eigenvalue weighted by molar-refractivity contribution is 0.0893. The lowest BCUT2D eigenvalue weighted by atomic mass is 10.2. The highest BCUT2D eigenvalue weighted by molar-refractivity contribution is 5.93. The van der Waals surface area contributed by atoms with E-state index in [0.717, 1.165) is 0 Å². The standard InChI is InChI=1S/C10H8FN3O/c11-8-3-1-7(2-4-8)10(15)13-14-6-9(14)5-12/h1-4,9H,6H2,(H,13,15). The monoisotopic (exact) mass is 205 g/mol. The molecule has 1 aliphatic heterocycles. The summed E-state index contributed by atoms with van der Waals surface area (Å²) in [4.78, 5) is 11.5. The molecule has 0 saturated carbocycles. The summed E-state index contributed by atoms with van der Waals surface area (Å²) in [6.45, 7) is 0.545. The number of amides is 1. The van der Waals surface area contributed by atoms with E-state index in [0.29, 0.717) is 12.1 Å². The van der Waals surface area contributed by atoms with E-state index in [1.165, 1.54) is 29.3 Å². The molecule has 0 bridgehead atoms. The molecule has 76 valence electrons. The normalized spacial score (nSPS) is 22.9. The van der Waals surface area contributed by atoms with Crippen molar-refractivity contribution in [3.63, 3.8) is 0 Å². The van der Waals surface area contributed by atoms with Crippen molar-refractivity contribution in [2.45, 2.75) is 6.04 Å². The van der Waals surface area contributed by atoms with E-state index in [-0.39, 0.29) is 17.8 Å². The van der Waals surface area contributed by atoms with E-state index in [2.05, 4.69) is 5.43 Å². The zero-order valence-electron chi connectivity index (χ0n) is 7.77. The zero-order valence-corrected chi connectivity index (χ0v) is 7.77. The van der Waals surface area contributed by atoms with Crippen LogP contribution in [0.4, 0.5) is 4.39 Å². The molecule has 0 aliphatic carbocycles. The van der Waals surface area contributed by atoms with Crippen molar-refractivity contribution >= 4 is 5.91 Å². The molecule has 1 heterocycles. The van der Waals surface area contributed by atoms with Crippen molar-refractivity contribution in [2.75, 3.05) is 6.54 Å². The number of nitrogens with zero attached hydrogens (tertiary/aromatic N) is 2. The summed E-state index contributed by atoms with van der Waals surface area (Å²) in [5.74, 6) is -0.707. The molecule has 1 amide bonds. The molecule has 5 heteroatoms. The highest BCUT2D eigenvalue weighted by Crippen LogP contribution is 2.12. The maximum atomic E-state index is 12.6. The number of benzene rings is 1. The van der Waals surface area contributed by atoms with Crippen LogP contribution in [0.2, 0.25) is 0 Å². The van der Waals surface area contributed by atoms with Gasteiger partial charge >= 0.3 is 0 Å². The third kappa shape index (κ3) is 2.11. The molecule has 1 fully saturated rings. The van der Waals surface area contributed by atoms with Crippen LogP contribution in [-0.4, -0.2) is 23.5 Å². The Labute approximate surface area is 85.9 Å². The minimum Gasteiger partial charge on any atom is -0.283 e. The number of carbonyl (C=O) groups excluding carboxylic acids is 1. The van der Waals surface area contributed by atoms with Crippen molar-refractivity contribution in [3.8, 4) is 6.07 Å². The highest BCUT2D eigenvalue weighted by Gasteiger charge is 2.35. The van der Waals surface area contributed by atoms with Crippen molar-refractivity contribution in [3.05, 3.63) is 35.6 Å². The number of hydrogen-bond donors (Lipinski definition) is 1. The molecule has 15 heavy (non-hydrogen) atoms. The first-order chi connectivity index (χ1) is 7.20. The summed E-state index contributed by atoms with van der Waals surface area (Å²) in [5.41, 5.74) is 2.92. The summed E-state index contributed by atoms with van der Waals surface area (Å²) in [5, 5.41) is 10.0. The van der Waals surface area contributed by atoms with Crippen molar-refractivity contribution in [2.24, 2.45) is 0 Å².